The van der Waals surface area contributed by atoms with Crippen LogP contribution in [0.1, 0.15) is 48.8 Å². The molecule has 23 heavy (non-hydrogen) atoms. The summed E-state index contributed by atoms with van der Waals surface area (Å²) in [4.78, 5) is 0. The summed E-state index contributed by atoms with van der Waals surface area (Å²) in [5.41, 5.74) is 0.847. The Hall–Kier alpha value is -1.23. The Bertz CT molecular complexity index is 623. The van der Waals surface area contributed by atoms with Crippen molar-refractivity contribution < 1.29 is 17.9 Å². The van der Waals surface area contributed by atoms with E-state index in [1.54, 1.807) is 0 Å². The molecule has 2 nitrogen and oxygen atoms in total. The Labute approximate surface area is 134 Å². The van der Waals surface area contributed by atoms with E-state index in [1.807, 2.05) is 6.07 Å². The van der Waals surface area contributed by atoms with Crippen molar-refractivity contribution in [3.63, 3.8) is 0 Å². The predicted molar refractivity (Wildman–Crippen MR) is 81.7 cm³/mol. The molecule has 3 aliphatic rings. The molecule has 1 saturated carbocycles. The van der Waals surface area contributed by atoms with Crippen LogP contribution in [0, 0.1) is 5.92 Å². The number of alkyl halides is 3. The summed E-state index contributed by atoms with van der Waals surface area (Å²) < 4.78 is 46.1. The third-order valence-electron chi connectivity index (χ3n) is 6.29. The molecule has 2 fully saturated rings. The molecule has 0 spiro atoms. The first-order chi connectivity index (χ1) is 11.0. The van der Waals surface area contributed by atoms with Gasteiger partial charge in [0.15, 0.2) is 0 Å². The fourth-order valence-corrected chi connectivity index (χ4v) is 5.37. The highest BCUT2D eigenvalue weighted by Gasteiger charge is 2.53. The Morgan fingerprint density at radius 2 is 2.04 bits per heavy atom. The van der Waals surface area contributed by atoms with Gasteiger partial charge in [-0.05, 0) is 61.4 Å². The van der Waals surface area contributed by atoms with Gasteiger partial charge in [-0.2, -0.15) is 13.2 Å². The highest BCUT2D eigenvalue weighted by Crippen LogP contribution is 2.56. The number of rotatable bonds is 1. The Morgan fingerprint density at radius 3 is 2.78 bits per heavy atom. The van der Waals surface area contributed by atoms with Gasteiger partial charge in [-0.1, -0.05) is 12.8 Å². The molecule has 4 rings (SSSR count). The van der Waals surface area contributed by atoms with Crippen LogP contribution in [-0.4, -0.2) is 19.7 Å². The van der Waals surface area contributed by atoms with E-state index in [2.05, 4.69) is 5.32 Å². The monoisotopic (exact) mass is 325 g/mol. The van der Waals surface area contributed by atoms with Gasteiger partial charge in [0.1, 0.15) is 5.75 Å². The summed E-state index contributed by atoms with van der Waals surface area (Å²) in [5.74, 6) is 0.803. The number of methoxy groups -OCH3 is 1. The zero-order chi connectivity index (χ0) is 16.2. The van der Waals surface area contributed by atoms with Gasteiger partial charge in [0.2, 0.25) is 0 Å². The number of nitrogens with one attached hydrogen (secondary N) is 1. The normalized spacial score (nSPS) is 32.9. The summed E-state index contributed by atoms with van der Waals surface area (Å²) in [6.07, 6.45) is 1.53. The summed E-state index contributed by atoms with van der Waals surface area (Å²) in [5, 5.41) is 3.49. The molecule has 1 aliphatic heterocycles. The lowest BCUT2D eigenvalue weighted by Crippen LogP contribution is -2.59. The van der Waals surface area contributed by atoms with Gasteiger partial charge in [-0.3, -0.25) is 0 Å². The van der Waals surface area contributed by atoms with Gasteiger partial charge >= 0.3 is 6.18 Å². The molecular weight excluding hydrogens is 303 g/mol. The van der Waals surface area contributed by atoms with E-state index in [-0.39, 0.29) is 11.5 Å². The van der Waals surface area contributed by atoms with E-state index in [0.717, 1.165) is 37.8 Å². The fraction of sp³-hybridized carbons (Fsp3) is 0.667. The van der Waals surface area contributed by atoms with E-state index in [1.165, 1.54) is 19.6 Å². The highest BCUT2D eigenvalue weighted by molar-refractivity contribution is 5.51. The molecule has 5 heteroatoms. The van der Waals surface area contributed by atoms with Crippen molar-refractivity contribution in [1.82, 2.24) is 5.32 Å². The molecule has 2 bridgehead atoms. The molecular formula is C18H22F3NO. The first-order valence-corrected chi connectivity index (χ1v) is 8.48. The number of benzene rings is 1. The molecule has 1 heterocycles. The standard InChI is InChI=1S/C18H22F3NO/c1-23-11-8-14-12(15(9-11)18(19,20)21)10-16-13-4-2-3-5-17(13,14)6-7-22-16/h8-9,13,16,22H,2-7,10H2,1H3/t13-,16+,17+/m1/s1. The summed E-state index contributed by atoms with van der Waals surface area (Å²) in [7, 11) is 1.45. The van der Waals surface area contributed by atoms with Crippen molar-refractivity contribution in [3.05, 3.63) is 28.8 Å². The average molecular weight is 325 g/mol. The van der Waals surface area contributed by atoms with Crippen LogP contribution in [0.25, 0.3) is 0 Å². The lowest BCUT2D eigenvalue weighted by Gasteiger charge is -2.56. The number of hydrogen-bond donors (Lipinski definition) is 1. The van der Waals surface area contributed by atoms with Gasteiger partial charge in [0, 0.05) is 11.5 Å². The van der Waals surface area contributed by atoms with Crippen LogP contribution in [0.5, 0.6) is 5.75 Å². The quantitative estimate of drug-likeness (QED) is 0.841. The van der Waals surface area contributed by atoms with Crippen LogP contribution in [0.2, 0.25) is 0 Å². The van der Waals surface area contributed by atoms with E-state index < -0.39 is 11.7 Å². The summed E-state index contributed by atoms with van der Waals surface area (Å²) in [6.45, 7) is 0.902. The Kier molecular flexibility index (Phi) is 3.42. The molecule has 0 radical (unpaired) electrons. The van der Waals surface area contributed by atoms with Crippen LogP contribution < -0.4 is 10.1 Å². The van der Waals surface area contributed by atoms with Crippen molar-refractivity contribution in [2.45, 2.75) is 56.2 Å². The highest BCUT2D eigenvalue weighted by atomic mass is 19.4. The number of piperidine rings is 1. The number of hydrogen-bond acceptors (Lipinski definition) is 2. The van der Waals surface area contributed by atoms with E-state index in [9.17, 15) is 13.2 Å². The van der Waals surface area contributed by atoms with Crippen LogP contribution >= 0.6 is 0 Å². The molecule has 2 aliphatic carbocycles. The van der Waals surface area contributed by atoms with Gasteiger partial charge in [-0.15, -0.1) is 0 Å². The van der Waals surface area contributed by atoms with Gasteiger partial charge in [0.05, 0.1) is 12.7 Å². The SMILES string of the molecule is COc1cc(C(F)(F)F)c2c(c1)[C@]13CCCC[C@@H]1[C@H](C2)NCC3. The maximum absolute atomic E-state index is 13.6. The zero-order valence-corrected chi connectivity index (χ0v) is 13.3. The second kappa shape index (κ2) is 5.13. The van der Waals surface area contributed by atoms with Crippen molar-refractivity contribution in [2.24, 2.45) is 5.92 Å². The smallest absolute Gasteiger partial charge is 0.416 e. The topological polar surface area (TPSA) is 21.3 Å². The predicted octanol–water partition coefficient (Wildman–Crippen LogP) is 4.06. The number of fused-ring (bicyclic) bond motifs is 1. The molecule has 1 saturated heterocycles. The minimum atomic E-state index is -4.33. The first kappa shape index (κ1) is 15.3. The second-order valence-corrected chi connectivity index (χ2v) is 7.22. The van der Waals surface area contributed by atoms with E-state index in [0.29, 0.717) is 23.7 Å². The molecule has 3 atom stereocenters. The molecule has 1 aromatic rings. The van der Waals surface area contributed by atoms with Crippen molar-refractivity contribution in [3.8, 4) is 5.75 Å². The largest absolute Gasteiger partial charge is 0.497 e. The molecule has 0 aromatic heterocycles. The average Bonchev–Trinajstić information content (AvgIpc) is 2.53. The van der Waals surface area contributed by atoms with Crippen molar-refractivity contribution in [1.29, 1.82) is 0 Å². The fourth-order valence-electron chi connectivity index (χ4n) is 5.37. The van der Waals surface area contributed by atoms with Gasteiger partial charge in [-0.25, -0.2) is 0 Å². The summed E-state index contributed by atoms with van der Waals surface area (Å²) in [6, 6.07) is 3.25. The van der Waals surface area contributed by atoms with Gasteiger partial charge in [0.25, 0.3) is 0 Å². The minimum absolute atomic E-state index is 0.0870. The third-order valence-corrected chi connectivity index (χ3v) is 6.29. The minimum Gasteiger partial charge on any atom is -0.497 e. The Morgan fingerprint density at radius 1 is 1.22 bits per heavy atom. The van der Waals surface area contributed by atoms with Crippen LogP contribution in [-0.2, 0) is 18.0 Å². The van der Waals surface area contributed by atoms with E-state index >= 15 is 0 Å². The molecule has 0 unspecified atom stereocenters. The first-order valence-electron chi connectivity index (χ1n) is 8.48. The Balaban J connectivity index is 1.96. The lowest BCUT2D eigenvalue weighted by molar-refractivity contribution is -0.138. The number of halogens is 3. The molecule has 1 N–H and O–H groups in total. The van der Waals surface area contributed by atoms with Crippen LogP contribution in [0.4, 0.5) is 13.2 Å². The molecule has 126 valence electrons. The number of ether oxygens (including phenoxy) is 1. The third kappa shape index (κ3) is 2.19. The van der Waals surface area contributed by atoms with Crippen molar-refractivity contribution in [2.75, 3.05) is 13.7 Å². The maximum atomic E-state index is 13.6. The maximum Gasteiger partial charge on any atom is 0.416 e. The lowest BCUT2D eigenvalue weighted by atomic mass is 9.52. The van der Waals surface area contributed by atoms with Gasteiger partial charge < -0.3 is 10.1 Å². The second-order valence-electron chi connectivity index (χ2n) is 7.22. The van der Waals surface area contributed by atoms with Crippen LogP contribution in [0.3, 0.4) is 0 Å². The summed E-state index contributed by atoms with van der Waals surface area (Å²) >= 11 is 0. The zero-order valence-electron chi connectivity index (χ0n) is 13.3. The van der Waals surface area contributed by atoms with Crippen LogP contribution in [0.15, 0.2) is 12.1 Å². The molecule has 1 aromatic carbocycles. The molecule has 0 amide bonds. The van der Waals surface area contributed by atoms with E-state index in [4.69, 9.17) is 4.74 Å². The van der Waals surface area contributed by atoms with Crippen molar-refractivity contribution >= 4 is 0 Å².